The molecule has 0 saturated heterocycles. The molecule has 0 aliphatic heterocycles. The number of carboxylic acid groups (broad SMARTS) is 1. The molecule has 58 valence electrons. The van der Waals surface area contributed by atoms with E-state index >= 15 is 0 Å². The van der Waals surface area contributed by atoms with Crippen molar-refractivity contribution in [2.24, 2.45) is 7.05 Å². The summed E-state index contributed by atoms with van der Waals surface area (Å²) in [5.74, 6) is -1.17. The van der Waals surface area contributed by atoms with E-state index in [1.54, 1.807) is 0 Å². The van der Waals surface area contributed by atoms with Crippen LogP contribution in [-0.2, 0) is 11.8 Å². The largest absolute Gasteiger partial charge is 0.545 e. The summed E-state index contributed by atoms with van der Waals surface area (Å²) in [5.41, 5.74) is 0.842. The van der Waals surface area contributed by atoms with Gasteiger partial charge in [-0.3, -0.25) is 0 Å². The lowest BCUT2D eigenvalue weighted by Gasteiger charge is -1.95. The van der Waals surface area contributed by atoms with Gasteiger partial charge in [0.25, 0.3) is 0 Å². The van der Waals surface area contributed by atoms with Gasteiger partial charge in [0.15, 0.2) is 0 Å². The van der Waals surface area contributed by atoms with Crippen LogP contribution in [0.2, 0.25) is 0 Å². The zero-order chi connectivity index (χ0) is 8.27. The molecule has 0 aliphatic rings. The molecular weight excluding hydrogens is 142 g/mol. The van der Waals surface area contributed by atoms with E-state index in [1.165, 1.54) is 6.08 Å². The van der Waals surface area contributed by atoms with Gasteiger partial charge in [-0.1, -0.05) is 0 Å². The monoisotopic (exact) mass is 150 g/mol. The smallest absolute Gasteiger partial charge is 0.0643 e. The SMILES string of the molecule is Cn1cccc1/C=C/C(=O)[O-]. The van der Waals surface area contributed by atoms with Crippen LogP contribution < -0.4 is 5.11 Å². The Morgan fingerprint density at radius 2 is 2.45 bits per heavy atom. The molecule has 0 fully saturated rings. The van der Waals surface area contributed by atoms with Gasteiger partial charge in [0, 0.05) is 18.9 Å². The molecule has 1 heterocycles. The van der Waals surface area contributed by atoms with Gasteiger partial charge in [0.1, 0.15) is 0 Å². The van der Waals surface area contributed by atoms with Crippen LogP contribution in [0.25, 0.3) is 6.08 Å². The van der Waals surface area contributed by atoms with Crippen molar-refractivity contribution in [3.63, 3.8) is 0 Å². The Labute approximate surface area is 64.6 Å². The zero-order valence-corrected chi connectivity index (χ0v) is 6.15. The minimum atomic E-state index is -1.17. The zero-order valence-electron chi connectivity index (χ0n) is 6.15. The summed E-state index contributed by atoms with van der Waals surface area (Å²) in [6, 6.07) is 3.66. The highest BCUT2D eigenvalue weighted by Gasteiger charge is 1.88. The first-order chi connectivity index (χ1) is 5.20. The summed E-state index contributed by atoms with van der Waals surface area (Å²) in [4.78, 5) is 10.00. The molecular formula is C8H8NO2-. The van der Waals surface area contributed by atoms with Crippen molar-refractivity contribution in [1.82, 2.24) is 4.57 Å². The summed E-state index contributed by atoms with van der Waals surface area (Å²) >= 11 is 0. The molecule has 1 aromatic heterocycles. The molecule has 0 atom stereocenters. The number of aliphatic carboxylic acids is 1. The maximum atomic E-state index is 10.00. The second kappa shape index (κ2) is 3.05. The minimum Gasteiger partial charge on any atom is -0.545 e. The molecule has 0 N–H and O–H groups in total. The molecule has 3 heteroatoms. The molecule has 0 bridgehead atoms. The van der Waals surface area contributed by atoms with E-state index in [1.807, 2.05) is 29.9 Å². The number of nitrogens with zero attached hydrogens (tertiary/aromatic N) is 1. The number of hydrogen-bond acceptors (Lipinski definition) is 2. The predicted molar refractivity (Wildman–Crippen MR) is 39.5 cm³/mol. The maximum absolute atomic E-state index is 10.00. The average Bonchev–Trinajstić information content (AvgIpc) is 2.31. The van der Waals surface area contributed by atoms with Crippen molar-refractivity contribution in [2.45, 2.75) is 0 Å². The van der Waals surface area contributed by atoms with Crippen molar-refractivity contribution >= 4 is 12.0 Å². The number of hydrogen-bond donors (Lipinski definition) is 0. The van der Waals surface area contributed by atoms with Crippen molar-refractivity contribution in [3.8, 4) is 0 Å². The molecule has 0 aliphatic carbocycles. The standard InChI is InChI=1S/C8H9NO2/c1-9-6-2-3-7(9)4-5-8(10)11/h2-6H,1H3,(H,10,11)/p-1/b5-4+. The van der Waals surface area contributed by atoms with Crippen molar-refractivity contribution < 1.29 is 9.90 Å². The van der Waals surface area contributed by atoms with Crippen LogP contribution in [0, 0.1) is 0 Å². The lowest BCUT2D eigenvalue weighted by atomic mass is 10.4. The summed E-state index contributed by atoms with van der Waals surface area (Å²) < 4.78 is 1.82. The molecule has 0 radical (unpaired) electrons. The van der Waals surface area contributed by atoms with Gasteiger partial charge in [-0.25, -0.2) is 0 Å². The summed E-state index contributed by atoms with van der Waals surface area (Å²) in [7, 11) is 1.84. The first-order valence-corrected chi connectivity index (χ1v) is 3.20. The fraction of sp³-hybridized carbons (Fsp3) is 0.125. The Morgan fingerprint density at radius 3 is 2.91 bits per heavy atom. The first-order valence-electron chi connectivity index (χ1n) is 3.20. The number of carbonyl (C=O) groups is 1. The summed E-state index contributed by atoms with van der Waals surface area (Å²) in [5, 5.41) is 10.00. The normalized spacial score (nSPS) is 10.6. The second-order valence-corrected chi connectivity index (χ2v) is 2.20. The highest BCUT2D eigenvalue weighted by molar-refractivity contribution is 5.83. The van der Waals surface area contributed by atoms with Crippen LogP contribution in [0.5, 0.6) is 0 Å². The minimum absolute atomic E-state index is 0.842. The molecule has 1 aromatic rings. The number of carbonyl (C=O) groups excluding carboxylic acids is 1. The Morgan fingerprint density at radius 1 is 1.73 bits per heavy atom. The van der Waals surface area contributed by atoms with Gasteiger partial charge in [0.05, 0.1) is 5.97 Å². The second-order valence-electron chi connectivity index (χ2n) is 2.20. The molecule has 0 unspecified atom stereocenters. The van der Waals surface area contributed by atoms with E-state index in [2.05, 4.69) is 0 Å². The third kappa shape index (κ3) is 1.97. The number of aryl methyl sites for hydroxylation is 1. The Hall–Kier alpha value is -1.51. The van der Waals surface area contributed by atoms with Crippen LogP contribution in [0.3, 0.4) is 0 Å². The third-order valence-corrected chi connectivity index (χ3v) is 1.37. The Bertz CT molecular complexity index is 286. The number of carboxylic acids is 1. The van der Waals surface area contributed by atoms with Crippen LogP contribution in [0.1, 0.15) is 5.69 Å². The van der Waals surface area contributed by atoms with Gasteiger partial charge < -0.3 is 14.5 Å². The molecule has 0 spiro atoms. The highest BCUT2D eigenvalue weighted by Crippen LogP contribution is 2.00. The summed E-state index contributed by atoms with van der Waals surface area (Å²) in [6.45, 7) is 0. The third-order valence-electron chi connectivity index (χ3n) is 1.37. The van der Waals surface area contributed by atoms with Crippen molar-refractivity contribution in [3.05, 3.63) is 30.1 Å². The van der Waals surface area contributed by atoms with Gasteiger partial charge in [0.2, 0.25) is 0 Å². The van der Waals surface area contributed by atoms with Crippen LogP contribution in [0.15, 0.2) is 24.4 Å². The first kappa shape index (κ1) is 7.60. The van der Waals surface area contributed by atoms with Gasteiger partial charge in [-0.05, 0) is 24.3 Å². The quantitative estimate of drug-likeness (QED) is 0.547. The molecule has 3 nitrogen and oxygen atoms in total. The van der Waals surface area contributed by atoms with E-state index in [9.17, 15) is 9.90 Å². The van der Waals surface area contributed by atoms with Crippen LogP contribution >= 0.6 is 0 Å². The predicted octanol–water partition coefficient (Wildman–Crippen LogP) is -0.212. The fourth-order valence-electron chi connectivity index (χ4n) is 0.801. The maximum Gasteiger partial charge on any atom is 0.0643 e. The van der Waals surface area contributed by atoms with Crippen LogP contribution in [-0.4, -0.2) is 10.5 Å². The van der Waals surface area contributed by atoms with Gasteiger partial charge in [-0.2, -0.15) is 0 Å². The topological polar surface area (TPSA) is 45.1 Å². The molecule has 1 rings (SSSR count). The lowest BCUT2D eigenvalue weighted by Crippen LogP contribution is -2.18. The van der Waals surface area contributed by atoms with E-state index in [0.29, 0.717) is 0 Å². The Balaban J connectivity index is 2.79. The van der Waals surface area contributed by atoms with Crippen molar-refractivity contribution in [1.29, 1.82) is 0 Å². The van der Waals surface area contributed by atoms with E-state index < -0.39 is 5.97 Å². The Kier molecular flexibility index (Phi) is 2.11. The highest BCUT2D eigenvalue weighted by atomic mass is 16.4. The number of rotatable bonds is 2. The lowest BCUT2D eigenvalue weighted by molar-refractivity contribution is -0.297. The van der Waals surface area contributed by atoms with E-state index in [-0.39, 0.29) is 0 Å². The van der Waals surface area contributed by atoms with Crippen molar-refractivity contribution in [2.75, 3.05) is 0 Å². The van der Waals surface area contributed by atoms with E-state index in [0.717, 1.165) is 11.8 Å². The van der Waals surface area contributed by atoms with E-state index in [4.69, 9.17) is 0 Å². The molecule has 0 saturated carbocycles. The van der Waals surface area contributed by atoms with Gasteiger partial charge >= 0.3 is 0 Å². The van der Waals surface area contributed by atoms with Gasteiger partial charge in [-0.15, -0.1) is 0 Å². The average molecular weight is 150 g/mol. The summed E-state index contributed by atoms with van der Waals surface area (Å²) in [6.07, 6.45) is 4.35. The van der Waals surface area contributed by atoms with Crippen LogP contribution in [0.4, 0.5) is 0 Å². The molecule has 11 heavy (non-hydrogen) atoms. The molecule has 0 aromatic carbocycles. The number of aromatic nitrogens is 1. The fourth-order valence-corrected chi connectivity index (χ4v) is 0.801. The molecule has 0 amide bonds.